The standard InChI is InChI=1S/C69H100F6N16O25S2/c70-68(71,72)55-9-13-57(14-10-55)117(99,100)51-53(5-1-3-7-61(92)88(21-29-107-37-45-111-41-33-103-25-17-80-84-76)22-30-108-38-46-112-42-34-104-26-18-81-85-77)59-49-63(94)90(65(59)96)115-67(98)116-91-64(95)50-60(66(91)97)54(52-118(101,102)58-15-11-56(12-16-58)69(73,74)75)6-2-4-8-62(93)89(23-31-109-39-47-113-43-35-105-27-19-82-86-78)24-32-110-40-48-114-44-36-106-28-20-83-87-79/h9-16,53-54,59-60H,1-8,17-52H2. The Labute approximate surface area is 676 Å². The summed E-state index contributed by atoms with van der Waals surface area (Å²) in [7, 11) is -9.25. The first kappa shape index (κ1) is 102. The summed E-state index contributed by atoms with van der Waals surface area (Å²) in [6, 6.07) is 4.91. The van der Waals surface area contributed by atoms with Crippen molar-refractivity contribution in [2.75, 3.05) is 222 Å². The van der Waals surface area contributed by atoms with Crippen molar-refractivity contribution in [3.63, 3.8) is 0 Å². The molecule has 660 valence electrons. The molecule has 0 aliphatic carbocycles. The fourth-order valence-electron chi connectivity index (χ4n) is 11.5. The summed E-state index contributed by atoms with van der Waals surface area (Å²) >= 11 is 0. The van der Waals surface area contributed by atoms with Gasteiger partial charge in [0.25, 0.3) is 23.6 Å². The van der Waals surface area contributed by atoms with Crippen LogP contribution in [0.25, 0.3) is 41.8 Å². The number of azide groups is 4. The summed E-state index contributed by atoms with van der Waals surface area (Å²) in [4.78, 5) is 120. The molecular formula is C69H100F6N16O25S2. The van der Waals surface area contributed by atoms with Gasteiger partial charge < -0.3 is 66.6 Å². The van der Waals surface area contributed by atoms with Crippen LogP contribution in [0.5, 0.6) is 0 Å². The van der Waals surface area contributed by atoms with Gasteiger partial charge in [-0.1, -0.05) is 43.4 Å². The van der Waals surface area contributed by atoms with Gasteiger partial charge in [0.2, 0.25) is 11.8 Å². The van der Waals surface area contributed by atoms with Gasteiger partial charge in [0.05, 0.1) is 203 Å². The van der Waals surface area contributed by atoms with Crippen LogP contribution in [0.15, 0.2) is 78.8 Å². The Bertz CT molecular complexity index is 3490. The lowest BCUT2D eigenvalue weighted by atomic mass is 9.88. The van der Waals surface area contributed by atoms with Gasteiger partial charge >= 0.3 is 18.5 Å². The number of benzene rings is 2. The third kappa shape index (κ3) is 41.2. The van der Waals surface area contributed by atoms with E-state index in [2.05, 4.69) is 40.1 Å². The topological polar surface area (TPSA) is 525 Å². The maximum atomic E-state index is 14.3. The van der Waals surface area contributed by atoms with E-state index in [0.717, 1.165) is 0 Å². The molecule has 6 amide bonds. The molecular weight excluding hydrogens is 1630 g/mol. The lowest BCUT2D eigenvalue weighted by molar-refractivity contribution is -0.199. The fourth-order valence-corrected chi connectivity index (χ4v) is 14.9. The highest BCUT2D eigenvalue weighted by atomic mass is 32.2. The van der Waals surface area contributed by atoms with Crippen molar-refractivity contribution in [3.8, 4) is 0 Å². The number of carbonyl (C=O) groups is 7. The number of amides is 6. The summed E-state index contributed by atoms with van der Waals surface area (Å²) < 4.78 is 204. The third-order valence-electron chi connectivity index (χ3n) is 17.4. The highest BCUT2D eigenvalue weighted by Crippen LogP contribution is 2.38. The van der Waals surface area contributed by atoms with E-state index in [0.29, 0.717) is 48.5 Å². The molecule has 2 heterocycles. The van der Waals surface area contributed by atoms with Crippen molar-refractivity contribution < 1.29 is 143 Å². The molecule has 0 radical (unpaired) electrons. The van der Waals surface area contributed by atoms with Crippen LogP contribution in [-0.2, 0) is 127 Å². The number of unbranched alkanes of at least 4 members (excludes halogenated alkanes) is 2. The number of hydroxylamine groups is 4. The number of alkyl halides is 6. The highest BCUT2D eigenvalue weighted by Gasteiger charge is 2.50. The van der Waals surface area contributed by atoms with Gasteiger partial charge in [0, 0.05) is 97.7 Å². The molecule has 4 rings (SSSR count). The van der Waals surface area contributed by atoms with E-state index in [-0.39, 0.29) is 272 Å². The first-order chi connectivity index (χ1) is 56.7. The normalized spacial score (nSPS) is 15.0. The molecule has 0 aromatic heterocycles. The van der Waals surface area contributed by atoms with Gasteiger partial charge in [-0.05, 0) is 108 Å². The monoisotopic (exact) mass is 1730 g/mol. The van der Waals surface area contributed by atoms with Crippen LogP contribution in [0.3, 0.4) is 0 Å². The number of carbonyl (C=O) groups excluding carboxylic acids is 7. The number of halogens is 6. The number of ether oxygens (including phenoxy) is 12. The molecule has 0 saturated carbocycles. The van der Waals surface area contributed by atoms with Crippen LogP contribution in [0.2, 0.25) is 0 Å². The Morgan fingerprint density at radius 2 is 0.644 bits per heavy atom. The van der Waals surface area contributed by atoms with Gasteiger partial charge in [-0.3, -0.25) is 38.4 Å². The molecule has 0 bridgehead atoms. The van der Waals surface area contributed by atoms with Crippen molar-refractivity contribution in [1.29, 1.82) is 0 Å². The Morgan fingerprint density at radius 1 is 0.398 bits per heavy atom. The van der Waals surface area contributed by atoms with E-state index in [4.69, 9.17) is 88.6 Å². The summed E-state index contributed by atoms with van der Waals surface area (Å²) in [6.07, 6.45) is -14.3. The molecule has 41 nitrogen and oxygen atoms in total. The largest absolute Gasteiger partial charge is 0.560 e. The predicted molar refractivity (Wildman–Crippen MR) is 397 cm³/mol. The average molecular weight is 1730 g/mol. The van der Waals surface area contributed by atoms with E-state index < -0.39 is 143 Å². The minimum Gasteiger partial charge on any atom is -0.379 e. The summed E-state index contributed by atoms with van der Waals surface area (Å²) in [5.41, 5.74) is 31.2. The maximum absolute atomic E-state index is 14.3. The minimum absolute atomic E-state index is 0.0167. The molecule has 118 heavy (non-hydrogen) atoms. The summed E-state index contributed by atoms with van der Waals surface area (Å²) in [5, 5.41) is 13.3. The van der Waals surface area contributed by atoms with Gasteiger partial charge in [0.1, 0.15) is 0 Å². The van der Waals surface area contributed by atoms with E-state index in [1.807, 2.05) is 0 Å². The second kappa shape index (κ2) is 58.1. The van der Waals surface area contributed by atoms with Crippen LogP contribution < -0.4 is 0 Å². The van der Waals surface area contributed by atoms with Gasteiger partial charge in [-0.25, -0.2) is 16.8 Å². The fraction of sp³-hybridized carbons (Fsp3) is 0.725. The number of sulfone groups is 2. The van der Waals surface area contributed by atoms with Gasteiger partial charge in [-0.2, -0.15) is 31.1 Å². The van der Waals surface area contributed by atoms with Gasteiger partial charge in [-0.15, -0.1) is 0 Å². The van der Waals surface area contributed by atoms with Crippen molar-refractivity contribution in [2.24, 2.45) is 44.1 Å². The quantitative estimate of drug-likeness (QED) is 0.0150. The number of nitrogens with zero attached hydrogens (tertiary/aromatic N) is 16. The SMILES string of the molecule is [N-]=[N+]=NCCOCCOCCOCCN(CCOCCOCCOCCN=[N+]=[N-])C(=O)CCCCC(CS(=O)(=O)c1ccc(C(F)(F)F)cc1)C1CC(=O)N(OC(=O)ON2C(=O)CC(C(CCCCC(=O)N(CCOCCOCCOCCN=[N+]=[N-])CCOCCOCCOCCN=[N+]=[N-])CS(=O)(=O)c3ccc(C(F)(F)F)cc3)C2=O)C1=O. The van der Waals surface area contributed by atoms with Crippen molar-refractivity contribution in [2.45, 2.75) is 86.4 Å². The predicted octanol–water partition coefficient (Wildman–Crippen LogP) is 8.16. The molecule has 2 saturated heterocycles. The molecule has 2 aliphatic rings. The number of hydrogen-bond acceptors (Lipinski definition) is 29. The smallest absolute Gasteiger partial charge is 0.379 e. The van der Waals surface area contributed by atoms with E-state index >= 15 is 0 Å². The summed E-state index contributed by atoms with van der Waals surface area (Å²) in [5.74, 6) is -14.1. The van der Waals surface area contributed by atoms with E-state index in [9.17, 15) is 76.7 Å². The van der Waals surface area contributed by atoms with Crippen molar-refractivity contribution in [1.82, 2.24) is 19.9 Å². The molecule has 2 aromatic carbocycles. The lowest BCUT2D eigenvalue weighted by Crippen LogP contribution is -2.40. The Hall–Kier alpha value is -8.83. The maximum Gasteiger partial charge on any atom is 0.560 e. The minimum atomic E-state index is -4.86. The molecule has 4 unspecified atom stereocenters. The first-order valence-electron chi connectivity index (χ1n) is 37.6. The molecule has 2 aromatic rings. The number of hydrogen-bond donors (Lipinski definition) is 0. The molecule has 0 spiro atoms. The molecule has 49 heteroatoms. The van der Waals surface area contributed by atoms with E-state index in [1.165, 1.54) is 9.80 Å². The van der Waals surface area contributed by atoms with Crippen molar-refractivity contribution >= 4 is 61.3 Å². The van der Waals surface area contributed by atoms with Gasteiger partial charge in [0.15, 0.2) is 19.7 Å². The van der Waals surface area contributed by atoms with E-state index in [1.54, 1.807) is 0 Å². The van der Waals surface area contributed by atoms with Crippen LogP contribution in [-0.4, -0.2) is 301 Å². The molecule has 2 aliphatic heterocycles. The van der Waals surface area contributed by atoms with Crippen LogP contribution >= 0.6 is 0 Å². The summed E-state index contributed by atoms with van der Waals surface area (Å²) in [6.45, 7) is 4.71. The van der Waals surface area contributed by atoms with Crippen molar-refractivity contribution in [3.05, 3.63) is 101 Å². The Kier molecular flexibility index (Phi) is 50.0. The zero-order valence-corrected chi connectivity index (χ0v) is 66.6. The molecule has 0 N–H and O–H groups in total. The lowest BCUT2D eigenvalue weighted by Gasteiger charge is -2.24. The average Bonchev–Trinajstić information content (AvgIpc) is 1.65. The molecule has 4 atom stereocenters. The Morgan fingerprint density at radius 3 is 0.890 bits per heavy atom. The third-order valence-corrected chi connectivity index (χ3v) is 21.1. The highest BCUT2D eigenvalue weighted by molar-refractivity contribution is 7.91. The Balaban J connectivity index is 1.48. The van der Waals surface area contributed by atoms with Crippen LogP contribution in [0.1, 0.15) is 75.3 Å². The second-order valence-corrected chi connectivity index (χ2v) is 29.7. The zero-order valence-electron chi connectivity index (χ0n) is 65.0. The first-order valence-corrected chi connectivity index (χ1v) is 40.9. The number of imide groups is 2. The molecule has 2 fully saturated rings. The zero-order chi connectivity index (χ0) is 86.3. The van der Waals surface area contributed by atoms with Crippen LogP contribution in [0, 0.1) is 23.7 Å². The van der Waals surface area contributed by atoms with Crippen LogP contribution in [0.4, 0.5) is 31.1 Å². The second-order valence-electron chi connectivity index (χ2n) is 25.7. The number of rotatable bonds is 68.